The molecule has 1 aromatic carbocycles. The molecule has 0 unspecified atom stereocenters. The zero-order valence-corrected chi connectivity index (χ0v) is 11.5. The summed E-state index contributed by atoms with van der Waals surface area (Å²) in [6, 6.07) is 5.84. The maximum absolute atomic E-state index is 12.2. The maximum Gasteiger partial charge on any atom is 0.231 e. The van der Waals surface area contributed by atoms with E-state index < -0.39 is 0 Å². The summed E-state index contributed by atoms with van der Waals surface area (Å²) in [5.74, 6) is 0.0533. The zero-order valence-electron chi connectivity index (χ0n) is 9.92. The third kappa shape index (κ3) is 2.24. The fourth-order valence-corrected chi connectivity index (χ4v) is 2.49. The summed E-state index contributed by atoms with van der Waals surface area (Å²) in [4.78, 5) is 12.2. The minimum atomic E-state index is -0.330. The molecule has 3 nitrogen and oxygen atoms in total. The van der Waals surface area contributed by atoms with Crippen molar-refractivity contribution >= 4 is 27.5 Å². The van der Waals surface area contributed by atoms with Gasteiger partial charge in [-0.3, -0.25) is 4.79 Å². The number of amides is 1. The molecule has 1 amide bonds. The number of hydrogen-bond donors (Lipinski definition) is 2. The number of carbonyl (C=O) groups is 1. The fraction of sp³-hybridized carbons (Fsp3) is 0.462. The summed E-state index contributed by atoms with van der Waals surface area (Å²) in [5.41, 5.74) is 7.33. The van der Waals surface area contributed by atoms with Crippen LogP contribution in [0, 0.1) is 12.3 Å². The van der Waals surface area contributed by atoms with Crippen molar-refractivity contribution in [3.05, 3.63) is 28.2 Å². The maximum atomic E-state index is 12.2. The summed E-state index contributed by atoms with van der Waals surface area (Å²) in [6.45, 7) is 2.43. The van der Waals surface area contributed by atoms with E-state index in [9.17, 15) is 4.79 Å². The van der Waals surface area contributed by atoms with Crippen LogP contribution in [0.4, 0.5) is 5.69 Å². The Morgan fingerprint density at radius 1 is 1.53 bits per heavy atom. The number of carbonyl (C=O) groups excluding carboxylic acids is 1. The molecule has 0 aliphatic heterocycles. The van der Waals surface area contributed by atoms with Crippen LogP contribution in [0.5, 0.6) is 0 Å². The standard InChI is InChI=1S/C13H17BrN2O/c1-9-4-2-5-10(11(9)14)16-12(17)13(8-15)6-3-7-13/h2,4-5H,3,6-8,15H2,1H3,(H,16,17). The molecule has 3 N–H and O–H groups in total. The number of nitrogens with one attached hydrogen (secondary N) is 1. The lowest BCUT2D eigenvalue weighted by Crippen LogP contribution is -2.47. The van der Waals surface area contributed by atoms with Crippen LogP contribution in [0.3, 0.4) is 0 Å². The van der Waals surface area contributed by atoms with Crippen LogP contribution < -0.4 is 11.1 Å². The van der Waals surface area contributed by atoms with Crippen molar-refractivity contribution in [1.29, 1.82) is 0 Å². The van der Waals surface area contributed by atoms with Crippen LogP contribution >= 0.6 is 15.9 Å². The van der Waals surface area contributed by atoms with Crippen molar-refractivity contribution in [2.24, 2.45) is 11.1 Å². The summed E-state index contributed by atoms with van der Waals surface area (Å²) < 4.78 is 0.944. The molecule has 4 heteroatoms. The number of halogens is 1. The summed E-state index contributed by atoms with van der Waals surface area (Å²) in [7, 11) is 0. The van der Waals surface area contributed by atoms with E-state index in [1.165, 1.54) is 0 Å². The normalized spacial score (nSPS) is 17.4. The Kier molecular flexibility index (Phi) is 3.54. The van der Waals surface area contributed by atoms with Gasteiger partial charge in [0.25, 0.3) is 0 Å². The molecule has 0 aromatic heterocycles. The Labute approximate surface area is 110 Å². The van der Waals surface area contributed by atoms with Crippen molar-refractivity contribution in [3.63, 3.8) is 0 Å². The number of benzene rings is 1. The molecular weight excluding hydrogens is 280 g/mol. The van der Waals surface area contributed by atoms with Crippen LogP contribution in [0.1, 0.15) is 24.8 Å². The van der Waals surface area contributed by atoms with Crippen molar-refractivity contribution in [3.8, 4) is 0 Å². The van der Waals surface area contributed by atoms with Gasteiger partial charge in [0.2, 0.25) is 5.91 Å². The van der Waals surface area contributed by atoms with Gasteiger partial charge in [-0.25, -0.2) is 0 Å². The number of rotatable bonds is 3. The zero-order chi connectivity index (χ0) is 12.5. The van der Waals surface area contributed by atoms with Gasteiger partial charge in [0, 0.05) is 11.0 Å². The summed E-state index contributed by atoms with van der Waals surface area (Å²) in [5, 5.41) is 2.98. The molecule has 0 atom stereocenters. The SMILES string of the molecule is Cc1cccc(NC(=O)C2(CN)CCC2)c1Br. The first-order valence-electron chi connectivity index (χ1n) is 5.86. The van der Waals surface area contributed by atoms with E-state index >= 15 is 0 Å². The monoisotopic (exact) mass is 296 g/mol. The molecule has 2 rings (SSSR count). The van der Waals surface area contributed by atoms with Crippen LogP contribution in [0.15, 0.2) is 22.7 Å². The number of hydrogen-bond acceptors (Lipinski definition) is 2. The van der Waals surface area contributed by atoms with Gasteiger partial charge in [0.05, 0.1) is 11.1 Å². The fourth-order valence-electron chi connectivity index (χ4n) is 2.13. The molecule has 92 valence electrons. The molecule has 1 aromatic rings. The number of nitrogens with two attached hydrogens (primary N) is 1. The van der Waals surface area contributed by atoms with Crippen molar-refractivity contribution in [2.75, 3.05) is 11.9 Å². The van der Waals surface area contributed by atoms with Gasteiger partial charge in [-0.05, 0) is 47.3 Å². The third-order valence-electron chi connectivity index (χ3n) is 3.62. The predicted molar refractivity (Wildman–Crippen MR) is 72.8 cm³/mol. The highest BCUT2D eigenvalue weighted by Crippen LogP contribution is 2.41. The molecule has 17 heavy (non-hydrogen) atoms. The van der Waals surface area contributed by atoms with E-state index in [-0.39, 0.29) is 11.3 Å². The Balaban J connectivity index is 2.16. The Bertz CT molecular complexity index is 436. The van der Waals surface area contributed by atoms with E-state index in [1.54, 1.807) is 0 Å². The van der Waals surface area contributed by atoms with E-state index in [2.05, 4.69) is 21.2 Å². The molecule has 0 heterocycles. The summed E-state index contributed by atoms with van der Waals surface area (Å²) in [6.07, 6.45) is 2.90. The Morgan fingerprint density at radius 3 is 2.76 bits per heavy atom. The number of anilines is 1. The molecule has 0 spiro atoms. The minimum Gasteiger partial charge on any atom is -0.329 e. The smallest absolute Gasteiger partial charge is 0.231 e. The number of aryl methyl sites for hydroxylation is 1. The first-order chi connectivity index (χ1) is 8.09. The van der Waals surface area contributed by atoms with E-state index in [0.29, 0.717) is 6.54 Å². The van der Waals surface area contributed by atoms with E-state index in [4.69, 9.17) is 5.73 Å². The lowest BCUT2D eigenvalue weighted by atomic mass is 9.68. The molecule has 1 saturated carbocycles. The topological polar surface area (TPSA) is 55.1 Å². The molecular formula is C13H17BrN2O. The average molecular weight is 297 g/mol. The second kappa shape index (κ2) is 4.78. The second-order valence-electron chi connectivity index (χ2n) is 4.73. The second-order valence-corrected chi connectivity index (χ2v) is 5.52. The molecule has 1 aliphatic rings. The first kappa shape index (κ1) is 12.6. The highest BCUT2D eigenvalue weighted by atomic mass is 79.9. The molecule has 0 saturated heterocycles. The Morgan fingerprint density at radius 2 is 2.24 bits per heavy atom. The van der Waals surface area contributed by atoms with Gasteiger partial charge in [0.15, 0.2) is 0 Å². The van der Waals surface area contributed by atoms with Gasteiger partial charge in [0.1, 0.15) is 0 Å². The van der Waals surface area contributed by atoms with Crippen molar-refractivity contribution in [2.45, 2.75) is 26.2 Å². The molecule has 0 radical (unpaired) electrons. The van der Waals surface area contributed by atoms with Gasteiger partial charge >= 0.3 is 0 Å². The molecule has 1 aliphatic carbocycles. The summed E-state index contributed by atoms with van der Waals surface area (Å²) >= 11 is 3.49. The van der Waals surface area contributed by atoms with Gasteiger partial charge in [-0.1, -0.05) is 18.6 Å². The lowest BCUT2D eigenvalue weighted by Gasteiger charge is -2.39. The average Bonchev–Trinajstić information content (AvgIpc) is 2.24. The van der Waals surface area contributed by atoms with Gasteiger partial charge in [-0.2, -0.15) is 0 Å². The van der Waals surface area contributed by atoms with Crippen LogP contribution in [0.25, 0.3) is 0 Å². The third-order valence-corrected chi connectivity index (χ3v) is 4.68. The minimum absolute atomic E-state index is 0.0533. The highest BCUT2D eigenvalue weighted by Gasteiger charge is 2.42. The van der Waals surface area contributed by atoms with Crippen molar-refractivity contribution < 1.29 is 4.79 Å². The van der Waals surface area contributed by atoms with E-state index in [0.717, 1.165) is 35.0 Å². The predicted octanol–water partition coefficient (Wildman–Crippen LogP) is 2.83. The Hall–Kier alpha value is -0.870. The first-order valence-corrected chi connectivity index (χ1v) is 6.65. The van der Waals surface area contributed by atoms with E-state index in [1.807, 2.05) is 25.1 Å². The van der Waals surface area contributed by atoms with Crippen LogP contribution in [0.2, 0.25) is 0 Å². The quantitative estimate of drug-likeness (QED) is 0.901. The van der Waals surface area contributed by atoms with Gasteiger partial charge in [-0.15, -0.1) is 0 Å². The van der Waals surface area contributed by atoms with Gasteiger partial charge < -0.3 is 11.1 Å². The molecule has 0 bridgehead atoms. The largest absolute Gasteiger partial charge is 0.329 e. The molecule has 1 fully saturated rings. The van der Waals surface area contributed by atoms with Crippen LogP contribution in [-0.4, -0.2) is 12.5 Å². The highest BCUT2D eigenvalue weighted by molar-refractivity contribution is 9.10. The lowest BCUT2D eigenvalue weighted by molar-refractivity contribution is -0.129. The van der Waals surface area contributed by atoms with Crippen LogP contribution in [-0.2, 0) is 4.79 Å². The van der Waals surface area contributed by atoms with Crippen molar-refractivity contribution in [1.82, 2.24) is 0 Å².